The zero-order valence-corrected chi connectivity index (χ0v) is 15.1. The van der Waals surface area contributed by atoms with Gasteiger partial charge in [0.2, 0.25) is 11.8 Å². The van der Waals surface area contributed by atoms with E-state index in [0.29, 0.717) is 5.69 Å². The average Bonchev–Trinajstić information content (AvgIpc) is 2.69. The number of rotatable bonds is 6. The molecular weight excluding hydrogens is 348 g/mol. The van der Waals surface area contributed by atoms with Crippen molar-refractivity contribution in [3.8, 4) is 23.5 Å². The van der Waals surface area contributed by atoms with E-state index >= 15 is 0 Å². The lowest BCUT2D eigenvalue weighted by Gasteiger charge is -2.11. The smallest absolute Gasteiger partial charge is 0.328 e. The molecule has 1 amide bonds. The first kappa shape index (κ1) is 18.1. The summed E-state index contributed by atoms with van der Waals surface area (Å²) >= 11 is 0. The molecule has 0 fully saturated rings. The minimum Gasteiger partial charge on any atom is -0.481 e. The number of carbonyl (C=O) groups excluding carboxylic acids is 1. The minimum atomic E-state index is -0.413. The van der Waals surface area contributed by atoms with Crippen LogP contribution in [-0.4, -0.2) is 35.1 Å². The van der Waals surface area contributed by atoms with Crippen LogP contribution in [0.1, 0.15) is 16.1 Å². The van der Waals surface area contributed by atoms with Gasteiger partial charge < -0.3 is 19.5 Å². The van der Waals surface area contributed by atoms with E-state index in [1.165, 1.54) is 26.5 Å². The van der Waals surface area contributed by atoms with Crippen molar-refractivity contribution in [3.63, 3.8) is 0 Å². The van der Waals surface area contributed by atoms with Gasteiger partial charge in [-0.25, -0.2) is 4.98 Å². The van der Waals surface area contributed by atoms with Gasteiger partial charge in [-0.2, -0.15) is 9.97 Å². The molecule has 0 saturated carbocycles. The molecule has 0 unspecified atom stereocenters. The number of nitrogens with zero attached hydrogens (tertiary/aromatic N) is 3. The summed E-state index contributed by atoms with van der Waals surface area (Å²) in [4.78, 5) is 24.9. The molecule has 1 N–H and O–H groups in total. The van der Waals surface area contributed by atoms with E-state index in [1.54, 1.807) is 12.1 Å². The Labute approximate surface area is 156 Å². The second-order valence-corrected chi connectivity index (χ2v) is 5.51. The van der Waals surface area contributed by atoms with Crippen molar-refractivity contribution < 1.29 is 19.0 Å². The number of hydrogen-bond acceptors (Lipinski definition) is 7. The Balaban J connectivity index is 1.85. The van der Waals surface area contributed by atoms with Crippen molar-refractivity contribution in [2.75, 3.05) is 19.5 Å². The van der Waals surface area contributed by atoms with Crippen LogP contribution < -0.4 is 19.5 Å². The summed E-state index contributed by atoms with van der Waals surface area (Å²) in [5, 5.41) is 2.79. The fraction of sp³-hybridized carbons (Fsp3) is 0.158. The number of nitrogens with one attached hydrogen (secondary N) is 1. The van der Waals surface area contributed by atoms with Crippen LogP contribution in [-0.2, 0) is 0 Å². The molecule has 0 atom stereocenters. The zero-order chi connectivity index (χ0) is 19.2. The van der Waals surface area contributed by atoms with Crippen LogP contribution in [0.2, 0.25) is 0 Å². The summed E-state index contributed by atoms with van der Waals surface area (Å²) in [6.07, 6.45) is 1.50. The van der Waals surface area contributed by atoms with Crippen LogP contribution in [0.15, 0.2) is 48.7 Å². The third-order valence-corrected chi connectivity index (χ3v) is 3.57. The molecule has 1 aromatic carbocycles. The first-order valence-electron chi connectivity index (χ1n) is 8.07. The molecule has 2 heterocycles. The molecule has 0 aliphatic rings. The molecule has 0 aliphatic carbocycles. The van der Waals surface area contributed by atoms with E-state index in [1.807, 2.05) is 31.2 Å². The Morgan fingerprint density at radius 2 is 1.67 bits per heavy atom. The van der Waals surface area contributed by atoms with Crippen LogP contribution in [0.4, 0.5) is 5.69 Å². The number of methoxy groups -OCH3 is 2. The lowest BCUT2D eigenvalue weighted by molar-refractivity contribution is 0.101. The molecule has 3 aromatic rings. The van der Waals surface area contributed by atoms with E-state index in [4.69, 9.17) is 14.2 Å². The monoisotopic (exact) mass is 366 g/mol. The molecular formula is C19H18N4O4. The number of pyridine rings is 1. The van der Waals surface area contributed by atoms with Gasteiger partial charge >= 0.3 is 6.01 Å². The number of anilines is 1. The summed E-state index contributed by atoms with van der Waals surface area (Å²) in [6, 6.07) is 12.2. The van der Waals surface area contributed by atoms with Crippen molar-refractivity contribution in [1.29, 1.82) is 0 Å². The molecule has 0 radical (unpaired) electrons. The maximum Gasteiger partial charge on any atom is 0.328 e. The molecule has 8 heteroatoms. The fourth-order valence-corrected chi connectivity index (χ4v) is 2.21. The van der Waals surface area contributed by atoms with Crippen LogP contribution in [0.25, 0.3) is 0 Å². The molecule has 3 rings (SSSR count). The van der Waals surface area contributed by atoms with E-state index in [2.05, 4.69) is 20.3 Å². The first-order valence-corrected chi connectivity index (χ1v) is 8.07. The number of aryl methyl sites for hydroxylation is 1. The quantitative estimate of drug-likeness (QED) is 0.715. The van der Waals surface area contributed by atoms with Crippen molar-refractivity contribution in [2.24, 2.45) is 0 Å². The lowest BCUT2D eigenvalue weighted by atomic mass is 10.2. The molecule has 0 bridgehead atoms. The lowest BCUT2D eigenvalue weighted by Crippen LogP contribution is -2.15. The zero-order valence-electron chi connectivity index (χ0n) is 15.1. The van der Waals surface area contributed by atoms with Gasteiger partial charge in [-0.05, 0) is 31.2 Å². The van der Waals surface area contributed by atoms with E-state index in [9.17, 15) is 4.79 Å². The van der Waals surface area contributed by atoms with Crippen LogP contribution in [0.5, 0.6) is 23.5 Å². The number of benzene rings is 1. The van der Waals surface area contributed by atoms with Gasteiger partial charge in [0.25, 0.3) is 5.91 Å². The average molecular weight is 366 g/mol. The Bertz CT molecular complexity index is 922. The summed E-state index contributed by atoms with van der Waals surface area (Å²) < 4.78 is 15.9. The van der Waals surface area contributed by atoms with E-state index < -0.39 is 5.91 Å². The van der Waals surface area contributed by atoms with Crippen LogP contribution in [0.3, 0.4) is 0 Å². The highest BCUT2D eigenvalue weighted by molar-refractivity contribution is 6.04. The predicted molar refractivity (Wildman–Crippen MR) is 98.6 cm³/mol. The Kier molecular flexibility index (Phi) is 5.46. The molecule has 8 nitrogen and oxygen atoms in total. The van der Waals surface area contributed by atoms with Gasteiger partial charge in [-0.15, -0.1) is 0 Å². The van der Waals surface area contributed by atoms with Crippen molar-refractivity contribution in [1.82, 2.24) is 15.0 Å². The highest BCUT2D eigenvalue weighted by Gasteiger charge is 2.17. The number of ether oxygens (including phenoxy) is 3. The van der Waals surface area contributed by atoms with Crippen LogP contribution in [0, 0.1) is 6.92 Å². The van der Waals surface area contributed by atoms with Gasteiger partial charge in [0.1, 0.15) is 0 Å². The van der Waals surface area contributed by atoms with Gasteiger partial charge in [0.15, 0.2) is 11.4 Å². The summed E-state index contributed by atoms with van der Waals surface area (Å²) in [5.41, 5.74) is 1.85. The highest BCUT2D eigenvalue weighted by Crippen LogP contribution is 2.26. The highest BCUT2D eigenvalue weighted by atomic mass is 16.5. The van der Waals surface area contributed by atoms with Crippen LogP contribution >= 0.6 is 0 Å². The topological polar surface area (TPSA) is 95.5 Å². The van der Waals surface area contributed by atoms with E-state index in [-0.39, 0.29) is 29.2 Å². The summed E-state index contributed by atoms with van der Waals surface area (Å²) in [5.74, 6) is 0.333. The Morgan fingerprint density at radius 1 is 1.00 bits per heavy atom. The normalized spacial score (nSPS) is 10.2. The van der Waals surface area contributed by atoms with Gasteiger partial charge in [0, 0.05) is 11.9 Å². The largest absolute Gasteiger partial charge is 0.481 e. The standard InChI is InChI=1S/C19H18N4O4/c1-12-6-8-13(9-7-12)21-18(24)17-14(5-4-10-20-17)27-19-22-15(25-2)11-16(23-19)26-3/h4-11H,1-3H3,(H,21,24). The van der Waals surface area contributed by atoms with Gasteiger partial charge in [0.05, 0.1) is 20.3 Å². The molecule has 138 valence electrons. The van der Waals surface area contributed by atoms with Crippen molar-refractivity contribution in [2.45, 2.75) is 6.92 Å². The van der Waals surface area contributed by atoms with Gasteiger partial charge in [-0.1, -0.05) is 17.7 Å². The van der Waals surface area contributed by atoms with Crippen molar-refractivity contribution in [3.05, 3.63) is 59.9 Å². The Morgan fingerprint density at radius 3 is 2.30 bits per heavy atom. The fourth-order valence-electron chi connectivity index (χ4n) is 2.21. The maximum absolute atomic E-state index is 12.6. The number of hydrogen-bond donors (Lipinski definition) is 1. The molecule has 0 aliphatic heterocycles. The molecule has 0 saturated heterocycles. The minimum absolute atomic E-state index is 0.0245. The first-order chi connectivity index (χ1) is 13.1. The Hall–Kier alpha value is -3.68. The number of carbonyl (C=O) groups is 1. The van der Waals surface area contributed by atoms with E-state index in [0.717, 1.165) is 5.56 Å². The van der Waals surface area contributed by atoms with Crippen molar-refractivity contribution >= 4 is 11.6 Å². The third-order valence-electron chi connectivity index (χ3n) is 3.57. The maximum atomic E-state index is 12.6. The number of aromatic nitrogens is 3. The molecule has 27 heavy (non-hydrogen) atoms. The summed E-state index contributed by atoms with van der Waals surface area (Å²) in [6.45, 7) is 1.97. The second-order valence-electron chi connectivity index (χ2n) is 5.51. The summed E-state index contributed by atoms with van der Waals surface area (Å²) in [7, 11) is 2.94. The molecule has 2 aromatic heterocycles. The third kappa shape index (κ3) is 4.49. The SMILES string of the molecule is COc1cc(OC)nc(Oc2cccnc2C(=O)Nc2ccc(C)cc2)n1. The van der Waals surface area contributed by atoms with Gasteiger partial charge in [-0.3, -0.25) is 4.79 Å². The second kappa shape index (κ2) is 8.13. The molecule has 0 spiro atoms. The predicted octanol–water partition coefficient (Wildman–Crippen LogP) is 3.24. The number of amides is 1.